The Bertz CT molecular complexity index is 754. The van der Waals surface area contributed by atoms with E-state index in [4.69, 9.17) is 4.74 Å². The van der Waals surface area contributed by atoms with E-state index in [1.165, 1.54) is 16.8 Å². The zero-order chi connectivity index (χ0) is 21.2. The Hall–Kier alpha value is -2.11. The second-order valence-electron chi connectivity index (χ2n) is 8.23. The number of carbonyl (C=O) groups is 1. The maximum atomic E-state index is 11.6. The third kappa shape index (κ3) is 8.03. The van der Waals surface area contributed by atoms with Gasteiger partial charge >= 0.3 is 5.97 Å². The summed E-state index contributed by atoms with van der Waals surface area (Å²) in [6.45, 7) is 11.4. The van der Waals surface area contributed by atoms with Crippen molar-refractivity contribution in [2.24, 2.45) is 5.92 Å². The molecule has 0 saturated carbocycles. The molecule has 29 heavy (non-hydrogen) atoms. The van der Waals surface area contributed by atoms with Gasteiger partial charge < -0.3 is 14.4 Å². The molecule has 0 saturated heterocycles. The van der Waals surface area contributed by atoms with Crippen LogP contribution in [0.4, 0.5) is 0 Å². The maximum Gasteiger partial charge on any atom is 0.305 e. The first-order valence-electron chi connectivity index (χ1n) is 10.6. The van der Waals surface area contributed by atoms with Gasteiger partial charge in [-0.15, -0.1) is 0 Å². The summed E-state index contributed by atoms with van der Waals surface area (Å²) >= 11 is 0. The molecule has 5 nitrogen and oxygen atoms in total. The lowest BCUT2D eigenvalue weighted by Gasteiger charge is -2.27. The van der Waals surface area contributed by atoms with Crippen LogP contribution in [-0.2, 0) is 22.6 Å². The Kier molecular flexibility index (Phi) is 9.42. The highest BCUT2D eigenvalue weighted by Gasteiger charge is 2.17. The van der Waals surface area contributed by atoms with Crippen molar-refractivity contribution in [1.82, 2.24) is 9.47 Å². The molecule has 0 bridgehead atoms. The van der Waals surface area contributed by atoms with E-state index in [0.29, 0.717) is 18.9 Å². The molecule has 0 aliphatic carbocycles. The van der Waals surface area contributed by atoms with Gasteiger partial charge in [0, 0.05) is 44.5 Å². The van der Waals surface area contributed by atoms with Gasteiger partial charge in [-0.1, -0.05) is 45.0 Å². The van der Waals surface area contributed by atoms with Gasteiger partial charge in [0.1, 0.15) is 12.7 Å². The SMILES string of the molecule is CCCC(=O)OCC(O)CN(Cc1cccn1Cc1ccccc1C)CC(C)C. The molecule has 1 heterocycles. The minimum absolute atomic E-state index is 0.0532. The lowest BCUT2D eigenvalue weighted by Crippen LogP contribution is -2.37. The van der Waals surface area contributed by atoms with Crippen LogP contribution in [0.15, 0.2) is 42.6 Å². The zero-order valence-corrected chi connectivity index (χ0v) is 18.3. The average Bonchev–Trinajstić information content (AvgIpc) is 3.08. The minimum atomic E-state index is -0.686. The Balaban J connectivity index is 2.00. The molecular weight excluding hydrogens is 364 g/mol. The highest BCUT2D eigenvalue weighted by molar-refractivity contribution is 5.69. The maximum absolute atomic E-state index is 11.6. The summed E-state index contributed by atoms with van der Waals surface area (Å²) in [5, 5.41) is 10.4. The van der Waals surface area contributed by atoms with E-state index in [-0.39, 0.29) is 12.6 Å². The number of aliphatic hydroxyl groups excluding tert-OH is 1. The topological polar surface area (TPSA) is 54.7 Å². The molecule has 2 rings (SSSR count). The molecule has 1 aromatic heterocycles. The second-order valence-corrected chi connectivity index (χ2v) is 8.23. The van der Waals surface area contributed by atoms with Gasteiger partial charge in [-0.05, 0) is 42.5 Å². The van der Waals surface area contributed by atoms with Crippen LogP contribution in [0.25, 0.3) is 0 Å². The minimum Gasteiger partial charge on any atom is -0.463 e. The number of esters is 1. The molecule has 0 fully saturated rings. The summed E-state index contributed by atoms with van der Waals surface area (Å²) < 4.78 is 7.45. The van der Waals surface area contributed by atoms with Crippen molar-refractivity contribution >= 4 is 5.97 Å². The normalized spacial score (nSPS) is 12.5. The van der Waals surface area contributed by atoms with Gasteiger partial charge in [0.15, 0.2) is 0 Å². The van der Waals surface area contributed by atoms with Crippen LogP contribution in [0.5, 0.6) is 0 Å². The number of hydrogen-bond acceptors (Lipinski definition) is 4. The molecule has 0 radical (unpaired) electrons. The van der Waals surface area contributed by atoms with Crippen molar-refractivity contribution in [3.8, 4) is 0 Å². The molecule has 1 aromatic carbocycles. The molecule has 2 aromatic rings. The van der Waals surface area contributed by atoms with Crippen LogP contribution in [0.3, 0.4) is 0 Å². The number of aliphatic hydroxyl groups is 1. The molecule has 0 amide bonds. The summed E-state index contributed by atoms with van der Waals surface area (Å²) in [6, 6.07) is 12.7. The smallest absolute Gasteiger partial charge is 0.305 e. The standard InChI is InChI=1S/C24H36N2O3/c1-5-9-24(28)29-18-23(27)17-25(14-19(2)3)16-22-12-8-13-26(22)15-21-11-7-6-10-20(21)4/h6-8,10-13,19,23,27H,5,9,14-18H2,1-4H3. The van der Waals surface area contributed by atoms with Gasteiger partial charge in [0.05, 0.1) is 0 Å². The van der Waals surface area contributed by atoms with Crippen LogP contribution in [0.2, 0.25) is 0 Å². The van der Waals surface area contributed by atoms with E-state index in [1.54, 1.807) is 0 Å². The highest BCUT2D eigenvalue weighted by Crippen LogP contribution is 2.15. The number of hydrogen-bond donors (Lipinski definition) is 1. The molecule has 0 aliphatic rings. The summed E-state index contributed by atoms with van der Waals surface area (Å²) in [5.74, 6) is 0.235. The molecular formula is C24H36N2O3. The molecule has 160 valence electrons. The van der Waals surface area contributed by atoms with Crippen molar-refractivity contribution < 1.29 is 14.6 Å². The first-order chi connectivity index (χ1) is 13.9. The third-order valence-electron chi connectivity index (χ3n) is 4.89. The van der Waals surface area contributed by atoms with E-state index in [0.717, 1.165) is 26.1 Å². The second kappa shape index (κ2) is 11.8. The van der Waals surface area contributed by atoms with Crippen molar-refractivity contribution in [3.63, 3.8) is 0 Å². The zero-order valence-electron chi connectivity index (χ0n) is 18.3. The lowest BCUT2D eigenvalue weighted by atomic mass is 10.1. The summed E-state index contributed by atoms with van der Waals surface area (Å²) in [5.41, 5.74) is 3.81. The molecule has 1 atom stereocenters. The van der Waals surface area contributed by atoms with E-state index < -0.39 is 6.10 Å². The van der Waals surface area contributed by atoms with Crippen LogP contribution < -0.4 is 0 Å². The monoisotopic (exact) mass is 400 g/mol. The quantitative estimate of drug-likeness (QED) is 0.547. The third-order valence-corrected chi connectivity index (χ3v) is 4.89. The Morgan fingerprint density at radius 2 is 1.93 bits per heavy atom. The van der Waals surface area contributed by atoms with Crippen LogP contribution in [0, 0.1) is 12.8 Å². The van der Waals surface area contributed by atoms with Gasteiger partial charge in [-0.3, -0.25) is 9.69 Å². The Morgan fingerprint density at radius 1 is 1.17 bits per heavy atom. The van der Waals surface area contributed by atoms with Crippen LogP contribution >= 0.6 is 0 Å². The van der Waals surface area contributed by atoms with Gasteiger partial charge in [0.2, 0.25) is 0 Å². The number of aryl methyl sites for hydroxylation is 1. The van der Waals surface area contributed by atoms with E-state index in [2.05, 4.69) is 72.8 Å². The first kappa shape index (κ1) is 23.2. The number of benzene rings is 1. The number of nitrogens with zero attached hydrogens (tertiary/aromatic N) is 2. The van der Waals surface area contributed by atoms with E-state index in [9.17, 15) is 9.90 Å². The number of ether oxygens (including phenoxy) is 1. The van der Waals surface area contributed by atoms with Gasteiger partial charge in [0.25, 0.3) is 0 Å². The number of carbonyl (C=O) groups excluding carboxylic acids is 1. The predicted octanol–water partition coefficient (Wildman–Crippen LogP) is 4.01. The largest absolute Gasteiger partial charge is 0.463 e. The lowest BCUT2D eigenvalue weighted by molar-refractivity contribution is -0.147. The molecule has 0 aliphatic heterocycles. The molecule has 1 N–H and O–H groups in total. The van der Waals surface area contributed by atoms with Crippen molar-refractivity contribution in [3.05, 3.63) is 59.4 Å². The fraction of sp³-hybridized carbons (Fsp3) is 0.542. The fourth-order valence-corrected chi connectivity index (χ4v) is 3.48. The Morgan fingerprint density at radius 3 is 2.62 bits per heavy atom. The van der Waals surface area contributed by atoms with Crippen molar-refractivity contribution in [2.75, 3.05) is 19.7 Å². The average molecular weight is 401 g/mol. The summed E-state index contributed by atoms with van der Waals surface area (Å²) in [4.78, 5) is 13.8. The fourth-order valence-electron chi connectivity index (χ4n) is 3.48. The predicted molar refractivity (Wildman–Crippen MR) is 117 cm³/mol. The van der Waals surface area contributed by atoms with Crippen LogP contribution in [0.1, 0.15) is 50.4 Å². The Labute approximate surface area is 175 Å². The van der Waals surface area contributed by atoms with E-state index >= 15 is 0 Å². The molecule has 0 spiro atoms. The highest BCUT2D eigenvalue weighted by atomic mass is 16.5. The number of aromatic nitrogens is 1. The van der Waals surface area contributed by atoms with Crippen molar-refractivity contribution in [2.45, 2.75) is 59.7 Å². The van der Waals surface area contributed by atoms with Crippen LogP contribution in [-0.4, -0.2) is 46.3 Å². The summed E-state index contributed by atoms with van der Waals surface area (Å²) in [6.07, 6.45) is 2.58. The van der Waals surface area contributed by atoms with Gasteiger partial charge in [-0.25, -0.2) is 0 Å². The van der Waals surface area contributed by atoms with Gasteiger partial charge in [-0.2, -0.15) is 0 Å². The molecule has 1 unspecified atom stereocenters. The molecule has 5 heteroatoms. The van der Waals surface area contributed by atoms with E-state index in [1.807, 2.05) is 6.92 Å². The van der Waals surface area contributed by atoms with Crippen molar-refractivity contribution in [1.29, 1.82) is 0 Å². The number of rotatable bonds is 12. The first-order valence-corrected chi connectivity index (χ1v) is 10.6. The summed E-state index contributed by atoms with van der Waals surface area (Å²) in [7, 11) is 0.